The van der Waals surface area contributed by atoms with Crippen molar-refractivity contribution in [2.75, 3.05) is 20.2 Å². The van der Waals surface area contributed by atoms with E-state index in [1.54, 1.807) is 0 Å². The summed E-state index contributed by atoms with van der Waals surface area (Å²) >= 11 is 0. The van der Waals surface area contributed by atoms with Gasteiger partial charge in [0.15, 0.2) is 0 Å². The minimum Gasteiger partial charge on any atom is -0.395 e. The molecule has 0 saturated heterocycles. The molecule has 0 bridgehead atoms. The Balaban J connectivity index is 3.34. The van der Waals surface area contributed by atoms with Gasteiger partial charge in [-0.15, -0.1) is 0 Å². The molecule has 0 fully saturated rings. The van der Waals surface area contributed by atoms with E-state index in [1.165, 1.54) is 0 Å². The molecule has 0 aliphatic rings. The van der Waals surface area contributed by atoms with Gasteiger partial charge in [0.1, 0.15) is 0 Å². The summed E-state index contributed by atoms with van der Waals surface area (Å²) in [6, 6.07) is 0.724. The highest BCUT2D eigenvalue weighted by atomic mass is 16.3. The second kappa shape index (κ2) is 6.58. The molecule has 68 valence electrons. The van der Waals surface area contributed by atoms with Gasteiger partial charge in [0.05, 0.1) is 6.61 Å². The molecule has 3 nitrogen and oxygen atoms in total. The van der Waals surface area contributed by atoms with Crippen LogP contribution in [0.4, 0.5) is 0 Å². The second-order valence-corrected chi connectivity index (χ2v) is 2.89. The van der Waals surface area contributed by atoms with Crippen molar-refractivity contribution in [3.05, 3.63) is 0 Å². The molecule has 0 heterocycles. The summed E-state index contributed by atoms with van der Waals surface area (Å²) in [7, 11) is 1.96. The van der Waals surface area contributed by atoms with Gasteiger partial charge in [0, 0.05) is 18.6 Å². The van der Waals surface area contributed by atoms with Crippen LogP contribution in [-0.4, -0.2) is 37.4 Å². The molecule has 0 radical (unpaired) electrons. The highest BCUT2D eigenvalue weighted by Crippen LogP contribution is 1.88. The van der Waals surface area contributed by atoms with Crippen molar-refractivity contribution < 1.29 is 5.11 Å². The minimum absolute atomic E-state index is 0.206. The standard InChI is InChI=1S/C8H20N2O/c1-4-8(9-3)5-10-7(2)6-11/h7-11H,4-6H2,1-3H3. The largest absolute Gasteiger partial charge is 0.395 e. The Kier molecular flexibility index (Phi) is 6.51. The van der Waals surface area contributed by atoms with Gasteiger partial charge in [0.25, 0.3) is 0 Å². The zero-order chi connectivity index (χ0) is 8.69. The normalized spacial score (nSPS) is 16.4. The molecular formula is C8H20N2O. The lowest BCUT2D eigenvalue weighted by molar-refractivity contribution is 0.248. The fourth-order valence-corrected chi connectivity index (χ4v) is 0.859. The van der Waals surface area contributed by atoms with Crippen LogP contribution in [0.5, 0.6) is 0 Å². The van der Waals surface area contributed by atoms with Crippen molar-refractivity contribution in [1.82, 2.24) is 10.6 Å². The second-order valence-electron chi connectivity index (χ2n) is 2.89. The Hall–Kier alpha value is -0.120. The van der Waals surface area contributed by atoms with Crippen LogP contribution in [-0.2, 0) is 0 Å². The van der Waals surface area contributed by atoms with Gasteiger partial charge in [-0.2, -0.15) is 0 Å². The molecule has 3 N–H and O–H groups in total. The van der Waals surface area contributed by atoms with Crippen LogP contribution in [0.15, 0.2) is 0 Å². The van der Waals surface area contributed by atoms with Gasteiger partial charge in [-0.05, 0) is 20.4 Å². The van der Waals surface area contributed by atoms with Crippen LogP contribution in [0.3, 0.4) is 0 Å². The van der Waals surface area contributed by atoms with E-state index in [-0.39, 0.29) is 12.6 Å². The van der Waals surface area contributed by atoms with E-state index in [0.717, 1.165) is 13.0 Å². The molecule has 0 aliphatic carbocycles. The number of nitrogens with one attached hydrogen (secondary N) is 2. The Bertz CT molecular complexity index is 84.2. The van der Waals surface area contributed by atoms with Crippen LogP contribution < -0.4 is 10.6 Å². The highest BCUT2D eigenvalue weighted by Gasteiger charge is 2.04. The number of aliphatic hydroxyl groups excluding tert-OH is 1. The van der Waals surface area contributed by atoms with Gasteiger partial charge in [-0.1, -0.05) is 6.92 Å². The third kappa shape index (κ3) is 5.18. The predicted octanol–water partition coefficient (Wildman–Crippen LogP) is -0.0452. The number of rotatable bonds is 6. The Morgan fingerprint density at radius 2 is 2.09 bits per heavy atom. The number of hydrogen-bond donors (Lipinski definition) is 3. The third-order valence-corrected chi connectivity index (χ3v) is 1.89. The molecule has 0 rings (SSSR count). The maximum absolute atomic E-state index is 8.71. The van der Waals surface area contributed by atoms with Gasteiger partial charge >= 0.3 is 0 Å². The molecule has 11 heavy (non-hydrogen) atoms. The molecule has 3 heteroatoms. The van der Waals surface area contributed by atoms with Crippen molar-refractivity contribution in [3.63, 3.8) is 0 Å². The van der Waals surface area contributed by atoms with Crippen molar-refractivity contribution in [1.29, 1.82) is 0 Å². The summed E-state index contributed by atoms with van der Waals surface area (Å²) in [5.74, 6) is 0. The Labute approximate surface area is 69.2 Å². The topological polar surface area (TPSA) is 44.3 Å². The highest BCUT2D eigenvalue weighted by molar-refractivity contribution is 4.68. The molecule has 0 amide bonds. The average molecular weight is 160 g/mol. The zero-order valence-corrected chi connectivity index (χ0v) is 7.72. The Morgan fingerprint density at radius 3 is 2.45 bits per heavy atom. The molecule has 0 spiro atoms. The van der Waals surface area contributed by atoms with Crippen molar-refractivity contribution in [3.8, 4) is 0 Å². The first-order chi connectivity index (χ1) is 5.24. The lowest BCUT2D eigenvalue weighted by atomic mass is 10.2. The predicted molar refractivity (Wildman–Crippen MR) is 47.7 cm³/mol. The van der Waals surface area contributed by atoms with Crippen LogP contribution in [0.1, 0.15) is 20.3 Å². The first-order valence-electron chi connectivity index (χ1n) is 4.26. The summed E-state index contributed by atoms with van der Waals surface area (Å²) < 4.78 is 0. The first-order valence-corrected chi connectivity index (χ1v) is 4.26. The molecule has 0 aromatic rings. The summed E-state index contributed by atoms with van der Waals surface area (Å²) in [5, 5.41) is 15.1. The van der Waals surface area contributed by atoms with Crippen LogP contribution in [0.2, 0.25) is 0 Å². The van der Waals surface area contributed by atoms with E-state index in [0.29, 0.717) is 6.04 Å². The summed E-state index contributed by atoms with van der Waals surface area (Å²) in [4.78, 5) is 0. The molecule has 0 aromatic heterocycles. The molecule has 2 atom stereocenters. The first kappa shape index (κ1) is 10.9. The van der Waals surface area contributed by atoms with Crippen molar-refractivity contribution >= 4 is 0 Å². The minimum atomic E-state index is 0.206. The van der Waals surface area contributed by atoms with Crippen LogP contribution >= 0.6 is 0 Å². The number of likely N-dealkylation sites (N-methyl/N-ethyl adjacent to an activating group) is 1. The summed E-state index contributed by atoms with van der Waals surface area (Å²) in [5.41, 5.74) is 0. The van der Waals surface area contributed by atoms with Gasteiger partial charge in [-0.25, -0.2) is 0 Å². The molecule has 0 saturated carbocycles. The number of aliphatic hydroxyl groups is 1. The van der Waals surface area contributed by atoms with Crippen molar-refractivity contribution in [2.45, 2.75) is 32.4 Å². The van der Waals surface area contributed by atoms with Crippen LogP contribution in [0.25, 0.3) is 0 Å². The third-order valence-electron chi connectivity index (χ3n) is 1.89. The zero-order valence-electron chi connectivity index (χ0n) is 7.72. The lowest BCUT2D eigenvalue weighted by Crippen LogP contribution is -2.41. The summed E-state index contributed by atoms with van der Waals surface area (Å²) in [6.07, 6.45) is 1.11. The van der Waals surface area contributed by atoms with E-state index >= 15 is 0 Å². The SMILES string of the molecule is CCC(CNC(C)CO)NC. The van der Waals surface area contributed by atoms with E-state index in [4.69, 9.17) is 5.11 Å². The van der Waals surface area contributed by atoms with Gasteiger partial charge in [-0.3, -0.25) is 0 Å². The summed E-state index contributed by atoms with van der Waals surface area (Å²) in [6.45, 7) is 5.25. The number of hydrogen-bond acceptors (Lipinski definition) is 3. The quantitative estimate of drug-likeness (QED) is 0.510. The maximum atomic E-state index is 8.71. The monoisotopic (exact) mass is 160 g/mol. The fraction of sp³-hybridized carbons (Fsp3) is 1.00. The van der Waals surface area contributed by atoms with Crippen LogP contribution in [0, 0.1) is 0 Å². The Morgan fingerprint density at radius 1 is 1.45 bits per heavy atom. The van der Waals surface area contributed by atoms with E-state index in [9.17, 15) is 0 Å². The molecule has 2 unspecified atom stereocenters. The molecule has 0 aliphatic heterocycles. The smallest absolute Gasteiger partial charge is 0.0581 e. The van der Waals surface area contributed by atoms with Gasteiger partial charge < -0.3 is 15.7 Å². The van der Waals surface area contributed by atoms with Gasteiger partial charge in [0.2, 0.25) is 0 Å². The van der Waals surface area contributed by atoms with E-state index in [1.807, 2.05) is 14.0 Å². The molecule has 0 aromatic carbocycles. The average Bonchev–Trinajstić information content (AvgIpc) is 2.06. The van der Waals surface area contributed by atoms with Crippen molar-refractivity contribution in [2.24, 2.45) is 0 Å². The lowest BCUT2D eigenvalue weighted by Gasteiger charge is -2.17. The van der Waals surface area contributed by atoms with E-state index in [2.05, 4.69) is 17.6 Å². The molecular weight excluding hydrogens is 140 g/mol. The maximum Gasteiger partial charge on any atom is 0.0581 e. The fourth-order valence-electron chi connectivity index (χ4n) is 0.859. The van der Waals surface area contributed by atoms with E-state index < -0.39 is 0 Å².